The Morgan fingerprint density at radius 1 is 1.29 bits per heavy atom. The average Bonchev–Trinajstić information content (AvgIpc) is 2.38. The molecule has 0 saturated carbocycles. The number of hydrogen-bond donors (Lipinski definition) is 1. The molecule has 17 heavy (non-hydrogen) atoms. The highest BCUT2D eigenvalue weighted by Crippen LogP contribution is 2.30. The Morgan fingerprint density at radius 2 is 2.12 bits per heavy atom. The predicted octanol–water partition coefficient (Wildman–Crippen LogP) is 0.883. The van der Waals surface area contributed by atoms with Gasteiger partial charge in [-0.15, -0.1) is 0 Å². The number of nitrogens with one attached hydrogen (secondary N) is 1. The lowest BCUT2D eigenvalue weighted by Crippen LogP contribution is -2.03. The van der Waals surface area contributed by atoms with Crippen molar-refractivity contribution in [2.24, 2.45) is 0 Å². The van der Waals surface area contributed by atoms with Crippen LogP contribution >= 0.6 is 0 Å². The largest absolute Gasteiger partial charge is 0.367 e. The Bertz CT molecular complexity index is 544. The third-order valence-electron chi connectivity index (χ3n) is 2.05. The van der Waals surface area contributed by atoms with Crippen LogP contribution in [0.3, 0.4) is 0 Å². The fraction of sp³-hybridized carbons (Fsp3) is 0.111. The normalized spacial score (nSPS) is 9.94. The molecule has 0 amide bonds. The molecule has 2 aromatic rings. The van der Waals surface area contributed by atoms with Gasteiger partial charge in [0.2, 0.25) is 5.82 Å². The maximum Gasteiger partial charge on any atom is 0.339 e. The summed E-state index contributed by atoms with van der Waals surface area (Å²) in [5.41, 5.74) is 0.260. The minimum absolute atomic E-state index is 0.141. The summed E-state index contributed by atoms with van der Waals surface area (Å²) in [6.45, 7) is 0. The predicted molar refractivity (Wildman–Crippen MR) is 59.3 cm³/mol. The Hall–Kier alpha value is -2.64. The van der Waals surface area contributed by atoms with Gasteiger partial charge in [0.25, 0.3) is 0 Å². The van der Waals surface area contributed by atoms with Crippen LogP contribution in [0.25, 0.3) is 11.4 Å². The van der Waals surface area contributed by atoms with Crippen molar-refractivity contribution in [3.8, 4) is 11.4 Å². The zero-order valence-electron chi connectivity index (χ0n) is 8.86. The summed E-state index contributed by atoms with van der Waals surface area (Å²) in [5.74, 6) is 0.144. The van der Waals surface area contributed by atoms with Crippen LogP contribution in [-0.2, 0) is 0 Å². The van der Waals surface area contributed by atoms with Crippen molar-refractivity contribution in [3.05, 3.63) is 35.0 Å². The van der Waals surface area contributed by atoms with Crippen LogP contribution in [0.15, 0.2) is 24.9 Å². The van der Waals surface area contributed by atoms with Crippen LogP contribution in [0.2, 0.25) is 0 Å². The first-order chi connectivity index (χ1) is 8.24. The monoisotopic (exact) mass is 232 g/mol. The first-order valence-corrected chi connectivity index (χ1v) is 4.67. The van der Waals surface area contributed by atoms with Gasteiger partial charge in [0.15, 0.2) is 5.69 Å². The van der Waals surface area contributed by atoms with E-state index in [1.165, 1.54) is 24.9 Å². The molecule has 8 nitrogen and oxygen atoms in total. The van der Waals surface area contributed by atoms with E-state index in [2.05, 4.69) is 25.3 Å². The molecule has 0 radical (unpaired) electrons. The summed E-state index contributed by atoms with van der Waals surface area (Å²) in [6.07, 6.45) is 5.58. The highest BCUT2D eigenvalue weighted by atomic mass is 16.6. The molecule has 2 rings (SSSR count). The molecule has 0 aliphatic carbocycles. The van der Waals surface area contributed by atoms with Crippen molar-refractivity contribution >= 4 is 11.5 Å². The molecule has 0 fully saturated rings. The number of nitrogens with zero attached hydrogens (tertiary/aromatic N) is 5. The van der Waals surface area contributed by atoms with Crippen molar-refractivity contribution in [2.45, 2.75) is 0 Å². The van der Waals surface area contributed by atoms with E-state index in [9.17, 15) is 10.1 Å². The highest BCUT2D eigenvalue weighted by Gasteiger charge is 2.23. The molecule has 86 valence electrons. The Morgan fingerprint density at radius 3 is 2.71 bits per heavy atom. The van der Waals surface area contributed by atoms with E-state index in [0.29, 0.717) is 5.69 Å². The van der Waals surface area contributed by atoms with Crippen LogP contribution < -0.4 is 5.32 Å². The number of rotatable bonds is 3. The van der Waals surface area contributed by atoms with Crippen molar-refractivity contribution in [3.63, 3.8) is 0 Å². The van der Waals surface area contributed by atoms with E-state index in [4.69, 9.17) is 0 Å². The molecule has 0 atom stereocenters. The molecular formula is C9H8N6O2. The summed E-state index contributed by atoms with van der Waals surface area (Å²) >= 11 is 0. The summed E-state index contributed by atoms with van der Waals surface area (Å²) in [6, 6.07) is 0. The molecule has 8 heteroatoms. The second kappa shape index (κ2) is 4.47. The summed E-state index contributed by atoms with van der Waals surface area (Å²) in [4.78, 5) is 26.0. The molecular weight excluding hydrogens is 224 g/mol. The van der Waals surface area contributed by atoms with Gasteiger partial charge < -0.3 is 5.32 Å². The Balaban J connectivity index is 2.66. The summed E-state index contributed by atoms with van der Waals surface area (Å²) in [7, 11) is 1.55. The number of anilines is 1. The molecule has 2 heterocycles. The molecule has 0 spiro atoms. The molecule has 0 aromatic carbocycles. The van der Waals surface area contributed by atoms with Crippen LogP contribution in [-0.4, -0.2) is 31.9 Å². The maximum absolute atomic E-state index is 11.0. The van der Waals surface area contributed by atoms with Crippen LogP contribution in [0.1, 0.15) is 0 Å². The van der Waals surface area contributed by atoms with Gasteiger partial charge in [-0.25, -0.2) is 9.97 Å². The van der Waals surface area contributed by atoms with Gasteiger partial charge >= 0.3 is 5.69 Å². The second-order valence-electron chi connectivity index (χ2n) is 3.02. The zero-order valence-corrected chi connectivity index (χ0v) is 8.86. The van der Waals surface area contributed by atoms with Gasteiger partial charge in [-0.05, 0) is 0 Å². The van der Waals surface area contributed by atoms with Gasteiger partial charge in [0.1, 0.15) is 12.0 Å². The van der Waals surface area contributed by atoms with E-state index in [1.807, 2.05) is 0 Å². The first kappa shape index (κ1) is 10.9. The average molecular weight is 232 g/mol. The zero-order chi connectivity index (χ0) is 12.3. The lowest BCUT2D eigenvalue weighted by Gasteiger charge is -2.04. The third kappa shape index (κ3) is 2.00. The van der Waals surface area contributed by atoms with E-state index >= 15 is 0 Å². The fourth-order valence-electron chi connectivity index (χ4n) is 1.34. The summed E-state index contributed by atoms with van der Waals surface area (Å²) in [5, 5.41) is 13.7. The smallest absolute Gasteiger partial charge is 0.339 e. The minimum atomic E-state index is -0.546. The Labute approximate surface area is 95.9 Å². The molecule has 2 aromatic heterocycles. The molecule has 0 bridgehead atoms. The van der Waals surface area contributed by atoms with Crippen molar-refractivity contribution in [1.82, 2.24) is 19.9 Å². The van der Waals surface area contributed by atoms with Crippen LogP contribution in [0.4, 0.5) is 11.5 Å². The Kier molecular flexibility index (Phi) is 2.86. The number of hydrogen-bond acceptors (Lipinski definition) is 7. The van der Waals surface area contributed by atoms with Gasteiger partial charge in [-0.1, -0.05) is 0 Å². The van der Waals surface area contributed by atoms with E-state index < -0.39 is 4.92 Å². The lowest BCUT2D eigenvalue weighted by atomic mass is 10.2. The SMILES string of the molecule is CNc1ncnc(-c2cnccn2)c1[N+](=O)[O-]. The van der Waals surface area contributed by atoms with Gasteiger partial charge in [0, 0.05) is 19.4 Å². The standard InChI is InChI=1S/C9H8N6O2/c1-10-9-8(15(16)17)7(13-5-14-9)6-4-11-2-3-12-6/h2-5H,1H3,(H,10,13,14). The topological polar surface area (TPSA) is 107 Å². The van der Waals surface area contributed by atoms with Gasteiger partial charge in [-0.3, -0.25) is 20.1 Å². The van der Waals surface area contributed by atoms with Gasteiger partial charge in [-0.2, -0.15) is 0 Å². The van der Waals surface area contributed by atoms with Crippen LogP contribution in [0.5, 0.6) is 0 Å². The van der Waals surface area contributed by atoms with Crippen molar-refractivity contribution in [1.29, 1.82) is 0 Å². The van der Waals surface area contributed by atoms with E-state index in [1.54, 1.807) is 7.05 Å². The molecule has 1 N–H and O–H groups in total. The van der Waals surface area contributed by atoms with Gasteiger partial charge in [0.05, 0.1) is 11.1 Å². The minimum Gasteiger partial charge on any atom is -0.367 e. The van der Waals surface area contributed by atoms with E-state index in [0.717, 1.165) is 0 Å². The maximum atomic E-state index is 11.0. The summed E-state index contributed by atoms with van der Waals surface area (Å²) < 4.78 is 0. The van der Waals surface area contributed by atoms with Crippen molar-refractivity contribution in [2.75, 3.05) is 12.4 Å². The highest BCUT2D eigenvalue weighted by molar-refractivity contribution is 5.73. The number of aromatic nitrogens is 4. The molecule has 0 saturated heterocycles. The van der Waals surface area contributed by atoms with E-state index in [-0.39, 0.29) is 17.2 Å². The molecule has 0 unspecified atom stereocenters. The first-order valence-electron chi connectivity index (χ1n) is 4.67. The van der Waals surface area contributed by atoms with Crippen LogP contribution in [0, 0.1) is 10.1 Å². The molecule has 0 aliphatic rings. The lowest BCUT2D eigenvalue weighted by molar-refractivity contribution is -0.383. The third-order valence-corrected chi connectivity index (χ3v) is 2.05. The molecule has 0 aliphatic heterocycles. The second-order valence-corrected chi connectivity index (χ2v) is 3.02. The quantitative estimate of drug-likeness (QED) is 0.618. The number of nitro groups is 1. The van der Waals surface area contributed by atoms with Crippen molar-refractivity contribution < 1.29 is 4.92 Å². The fourth-order valence-corrected chi connectivity index (χ4v) is 1.34.